The number of nitrogens with zero attached hydrogens (tertiary/aromatic N) is 2. The molecule has 1 aromatic carbocycles. The Morgan fingerprint density at radius 1 is 0.594 bits per heavy atom. The van der Waals surface area contributed by atoms with Crippen LogP contribution in [0.4, 0.5) is 11.4 Å². The quantitative estimate of drug-likeness (QED) is 0.660. The summed E-state index contributed by atoms with van der Waals surface area (Å²) in [6, 6.07) is 6.21. The van der Waals surface area contributed by atoms with Crippen LogP contribution >= 0.6 is 0 Å². The normalized spacial score (nSPS) is 27.5. The summed E-state index contributed by atoms with van der Waals surface area (Å²) in [5, 5.41) is 6.69. The highest BCUT2D eigenvalue weighted by atomic mass is 16.2. The molecule has 0 bridgehead atoms. The van der Waals surface area contributed by atoms with E-state index in [9.17, 15) is 19.2 Å². The molecule has 0 spiro atoms. The number of benzene rings is 1. The minimum Gasteiger partial charge on any atom is -0.303 e. The zero-order chi connectivity index (χ0) is 22.2. The number of hydrogen-bond acceptors (Lipinski definition) is 6. The molecule has 32 heavy (non-hydrogen) atoms. The summed E-state index contributed by atoms with van der Waals surface area (Å²) in [5.74, 6) is -0.924. The Kier molecular flexibility index (Phi) is 5.82. The summed E-state index contributed by atoms with van der Waals surface area (Å²) in [4.78, 5) is 53.3. The highest BCUT2D eigenvalue weighted by Gasteiger charge is 2.42. The highest BCUT2D eigenvalue weighted by Crippen LogP contribution is 2.30. The molecule has 2 aliphatic carbocycles. The van der Waals surface area contributed by atoms with Gasteiger partial charge in [0.1, 0.15) is 0 Å². The molecular formula is C24H30N4O4. The van der Waals surface area contributed by atoms with E-state index in [2.05, 4.69) is 10.6 Å². The van der Waals surface area contributed by atoms with Crippen molar-refractivity contribution in [3.63, 3.8) is 0 Å². The number of nitrogens with one attached hydrogen (secondary N) is 2. The molecule has 2 atom stereocenters. The lowest BCUT2D eigenvalue weighted by atomic mass is 10.2. The molecule has 5 rings (SSSR count). The predicted molar refractivity (Wildman–Crippen MR) is 119 cm³/mol. The fraction of sp³-hybridized carbons (Fsp3) is 0.583. The highest BCUT2D eigenvalue weighted by molar-refractivity contribution is 6.24. The number of hydrogen-bond donors (Lipinski definition) is 2. The minimum atomic E-state index is -0.477. The summed E-state index contributed by atoms with van der Waals surface area (Å²) in [6.07, 6.45) is 9.12. The molecule has 4 amide bonds. The van der Waals surface area contributed by atoms with Crippen LogP contribution in [0.1, 0.15) is 64.2 Å². The Morgan fingerprint density at radius 3 is 1.28 bits per heavy atom. The van der Waals surface area contributed by atoms with Crippen LogP contribution in [-0.2, 0) is 19.2 Å². The van der Waals surface area contributed by atoms with Crippen molar-refractivity contribution in [3.05, 3.63) is 24.3 Å². The molecule has 2 saturated carbocycles. The zero-order valence-electron chi connectivity index (χ0n) is 18.2. The van der Waals surface area contributed by atoms with E-state index in [4.69, 9.17) is 0 Å². The average Bonchev–Trinajstić information content (AvgIpc) is 3.56. The fourth-order valence-electron chi connectivity index (χ4n) is 5.57. The van der Waals surface area contributed by atoms with Crippen LogP contribution in [0.5, 0.6) is 0 Å². The second kappa shape index (κ2) is 8.75. The zero-order valence-corrected chi connectivity index (χ0v) is 18.2. The van der Waals surface area contributed by atoms with Gasteiger partial charge in [0.15, 0.2) is 0 Å². The Hall–Kier alpha value is -2.58. The molecule has 2 N–H and O–H groups in total. The topological polar surface area (TPSA) is 98.8 Å². The van der Waals surface area contributed by atoms with Crippen molar-refractivity contribution < 1.29 is 19.2 Å². The van der Waals surface area contributed by atoms with Crippen LogP contribution in [-0.4, -0.2) is 47.8 Å². The van der Waals surface area contributed by atoms with Crippen LogP contribution in [0.3, 0.4) is 0 Å². The second-order valence-corrected chi connectivity index (χ2v) is 9.46. The van der Waals surface area contributed by atoms with E-state index in [1.165, 1.54) is 9.80 Å². The van der Waals surface area contributed by atoms with Gasteiger partial charge >= 0.3 is 0 Å². The van der Waals surface area contributed by atoms with Crippen LogP contribution in [0.2, 0.25) is 0 Å². The van der Waals surface area contributed by atoms with Gasteiger partial charge in [-0.1, -0.05) is 25.7 Å². The predicted octanol–water partition coefficient (Wildman–Crippen LogP) is 2.01. The van der Waals surface area contributed by atoms with Crippen molar-refractivity contribution in [1.82, 2.24) is 10.6 Å². The van der Waals surface area contributed by atoms with E-state index >= 15 is 0 Å². The maximum absolute atomic E-state index is 12.9. The number of imide groups is 2. The molecule has 0 unspecified atom stereocenters. The molecule has 8 heteroatoms. The Balaban J connectivity index is 1.26. The van der Waals surface area contributed by atoms with Crippen molar-refractivity contribution in [2.45, 2.75) is 88.4 Å². The standard InChI is InChI=1S/C24H30N4O4/c29-21-13-19(25-15-5-1-2-6-15)23(31)27(21)17-9-11-18(12-10-17)28-22(30)14-20(24(28)32)26-16-7-3-4-8-16/h9-12,15-16,19-20,25-26H,1-8,13-14H2/t19-,20+. The minimum absolute atomic E-state index is 0.161. The molecule has 170 valence electrons. The molecule has 4 fully saturated rings. The van der Waals surface area contributed by atoms with E-state index < -0.39 is 12.1 Å². The van der Waals surface area contributed by atoms with Gasteiger partial charge in [-0.05, 0) is 49.9 Å². The van der Waals surface area contributed by atoms with Crippen LogP contribution < -0.4 is 20.4 Å². The lowest BCUT2D eigenvalue weighted by Crippen LogP contribution is -2.43. The van der Waals surface area contributed by atoms with E-state index in [1.54, 1.807) is 24.3 Å². The van der Waals surface area contributed by atoms with Crippen molar-refractivity contribution >= 4 is 35.0 Å². The van der Waals surface area contributed by atoms with Crippen molar-refractivity contribution in [2.24, 2.45) is 0 Å². The molecule has 0 aromatic heterocycles. The largest absolute Gasteiger partial charge is 0.303 e. The number of amides is 4. The molecule has 1 aromatic rings. The molecule has 4 aliphatic rings. The third kappa shape index (κ3) is 3.97. The SMILES string of the molecule is O=C1C[C@H](NC2CCCC2)C(=O)N1c1ccc(N2C(=O)C[C@@H](NC3CCCC3)C2=O)cc1. The van der Waals surface area contributed by atoms with E-state index in [0.29, 0.717) is 23.5 Å². The van der Waals surface area contributed by atoms with Crippen molar-refractivity contribution in [3.8, 4) is 0 Å². The van der Waals surface area contributed by atoms with Gasteiger partial charge in [0.2, 0.25) is 11.8 Å². The van der Waals surface area contributed by atoms with Crippen LogP contribution in [0.15, 0.2) is 24.3 Å². The molecule has 2 heterocycles. The first-order chi connectivity index (χ1) is 15.5. The van der Waals surface area contributed by atoms with Gasteiger partial charge in [0.05, 0.1) is 36.3 Å². The average molecular weight is 439 g/mol. The number of carbonyl (C=O) groups is 4. The van der Waals surface area contributed by atoms with Crippen LogP contribution in [0.25, 0.3) is 0 Å². The fourth-order valence-corrected chi connectivity index (χ4v) is 5.57. The Morgan fingerprint density at radius 2 is 0.938 bits per heavy atom. The van der Waals surface area contributed by atoms with Gasteiger partial charge < -0.3 is 10.6 Å². The van der Waals surface area contributed by atoms with Gasteiger partial charge in [-0.2, -0.15) is 0 Å². The Labute approximate surface area is 187 Å². The van der Waals surface area contributed by atoms with Crippen molar-refractivity contribution in [2.75, 3.05) is 9.80 Å². The first-order valence-corrected chi connectivity index (χ1v) is 11.9. The molecule has 2 aliphatic heterocycles. The number of anilines is 2. The van der Waals surface area contributed by atoms with Gasteiger partial charge in [-0.25, -0.2) is 9.80 Å². The monoisotopic (exact) mass is 438 g/mol. The van der Waals surface area contributed by atoms with Gasteiger partial charge in [0, 0.05) is 12.1 Å². The summed E-state index contributed by atoms with van der Waals surface area (Å²) in [5.41, 5.74) is 0.943. The van der Waals surface area contributed by atoms with E-state index in [1.807, 2.05) is 0 Å². The number of carbonyl (C=O) groups excluding carboxylic acids is 4. The first kappa shape index (κ1) is 21.3. The summed E-state index contributed by atoms with van der Waals surface area (Å²) < 4.78 is 0. The van der Waals surface area contributed by atoms with Gasteiger partial charge in [-0.15, -0.1) is 0 Å². The second-order valence-electron chi connectivity index (χ2n) is 9.46. The summed E-state index contributed by atoms with van der Waals surface area (Å²) in [7, 11) is 0. The molecule has 0 radical (unpaired) electrons. The summed E-state index contributed by atoms with van der Waals surface area (Å²) >= 11 is 0. The van der Waals surface area contributed by atoms with E-state index in [0.717, 1.165) is 51.4 Å². The van der Waals surface area contributed by atoms with Crippen molar-refractivity contribution in [1.29, 1.82) is 0 Å². The molecular weight excluding hydrogens is 408 g/mol. The first-order valence-electron chi connectivity index (χ1n) is 11.9. The van der Waals surface area contributed by atoms with Gasteiger partial charge in [0.25, 0.3) is 11.8 Å². The van der Waals surface area contributed by atoms with Crippen LogP contribution in [0, 0.1) is 0 Å². The lowest BCUT2D eigenvalue weighted by molar-refractivity contribution is -0.123. The third-order valence-electron chi connectivity index (χ3n) is 7.24. The molecule has 8 nitrogen and oxygen atoms in total. The van der Waals surface area contributed by atoms with E-state index in [-0.39, 0.29) is 36.5 Å². The number of rotatable bonds is 6. The lowest BCUT2D eigenvalue weighted by Gasteiger charge is -2.20. The molecule has 2 saturated heterocycles. The smallest absolute Gasteiger partial charge is 0.251 e. The van der Waals surface area contributed by atoms with Gasteiger partial charge in [-0.3, -0.25) is 19.2 Å². The summed E-state index contributed by atoms with van der Waals surface area (Å²) in [6.45, 7) is 0. The maximum atomic E-state index is 12.9. The third-order valence-corrected chi connectivity index (χ3v) is 7.24. The maximum Gasteiger partial charge on any atom is 0.251 e. The Bertz CT molecular complexity index is 843.